The van der Waals surface area contributed by atoms with Crippen LogP contribution in [-0.2, 0) is 82.1 Å². The fourth-order valence-corrected chi connectivity index (χ4v) is 12.6. The first-order chi connectivity index (χ1) is 9.27. The van der Waals surface area contributed by atoms with Gasteiger partial charge in [0.25, 0.3) is 0 Å². The third-order valence-corrected chi connectivity index (χ3v) is 13.4. The summed E-state index contributed by atoms with van der Waals surface area (Å²) in [5, 5.41) is 0. The highest BCUT2D eigenvalue weighted by Gasteiger charge is 2.02. The van der Waals surface area contributed by atoms with Gasteiger partial charge in [-0.05, 0) is 30.9 Å². The Bertz CT molecular complexity index is 668. The van der Waals surface area contributed by atoms with Crippen molar-refractivity contribution in [3.8, 4) is 0 Å². The smallest absolute Gasteiger partial charge is 0 e. The van der Waals surface area contributed by atoms with Crippen molar-refractivity contribution in [2.75, 3.05) is 0 Å². The maximum atomic E-state index is 4.60. The van der Waals surface area contributed by atoms with Crippen LogP contribution in [0.1, 0.15) is 23.1 Å². The van der Waals surface area contributed by atoms with Crippen LogP contribution in [0.5, 0.6) is 0 Å². The molecule has 0 unspecified atom stereocenters. The SMILES string of the molecule is Cc1ccc2c(c1)C=CCC2.S=S=S=S=S=S=S=S. The fourth-order valence-electron chi connectivity index (χ4n) is 1.59. The molecule has 0 atom stereocenters. The molecule has 0 radical (unpaired) electrons. The average molecular weight is 401 g/mol. The number of benzene rings is 1. The third-order valence-electron chi connectivity index (χ3n) is 2.32. The monoisotopic (exact) mass is 400 g/mol. The summed E-state index contributed by atoms with van der Waals surface area (Å²) in [6.07, 6.45) is 6.90. The van der Waals surface area contributed by atoms with E-state index in [0.29, 0.717) is 0 Å². The minimum absolute atomic E-state index is 1.20. The molecule has 0 aliphatic heterocycles. The zero-order valence-electron chi connectivity index (χ0n) is 10.1. The summed E-state index contributed by atoms with van der Waals surface area (Å²) >= 11 is 9.21. The predicted molar refractivity (Wildman–Crippen MR) is 107 cm³/mol. The Morgan fingerprint density at radius 2 is 1.68 bits per heavy atom. The third kappa shape index (κ3) is 7.91. The molecule has 1 aliphatic carbocycles. The molecule has 0 saturated heterocycles. The molecule has 0 spiro atoms. The van der Waals surface area contributed by atoms with E-state index in [-0.39, 0.29) is 0 Å². The van der Waals surface area contributed by atoms with Crippen LogP contribution in [-0.4, -0.2) is 0 Å². The van der Waals surface area contributed by atoms with Gasteiger partial charge in [-0.25, -0.2) is 0 Å². The van der Waals surface area contributed by atoms with Crippen LogP contribution in [0.2, 0.25) is 0 Å². The Kier molecular flexibility index (Phi) is 10.7. The number of fused-ring (bicyclic) bond motifs is 1. The van der Waals surface area contributed by atoms with E-state index < -0.39 is 0 Å². The average Bonchev–Trinajstić information content (AvgIpc) is 2.44. The molecule has 0 heterocycles. The summed E-state index contributed by atoms with van der Waals surface area (Å²) < 4.78 is 0. The molecular weight excluding hydrogens is 389 g/mol. The van der Waals surface area contributed by atoms with E-state index in [1.807, 2.05) is 0 Å². The molecule has 0 N–H and O–H groups in total. The molecular formula is C11H12S8. The highest BCUT2D eigenvalue weighted by atomic mass is 33.4. The quantitative estimate of drug-likeness (QED) is 0.657. The van der Waals surface area contributed by atoms with Gasteiger partial charge in [0.15, 0.2) is 0 Å². The van der Waals surface area contributed by atoms with Crippen molar-refractivity contribution in [3.63, 3.8) is 0 Å². The Labute approximate surface area is 141 Å². The van der Waals surface area contributed by atoms with E-state index in [1.54, 1.807) is 35.5 Å². The number of aryl methyl sites for hydroxylation is 2. The van der Waals surface area contributed by atoms with E-state index in [1.165, 1.54) is 47.3 Å². The van der Waals surface area contributed by atoms with Crippen LogP contribution in [0.3, 0.4) is 0 Å². The largest absolute Gasteiger partial charge is 0.0836 e. The van der Waals surface area contributed by atoms with Crippen molar-refractivity contribution in [1.29, 1.82) is 0 Å². The van der Waals surface area contributed by atoms with Crippen LogP contribution in [0.15, 0.2) is 24.3 Å². The molecule has 19 heavy (non-hydrogen) atoms. The highest BCUT2D eigenvalue weighted by Crippen LogP contribution is 2.19. The van der Waals surface area contributed by atoms with Crippen LogP contribution in [0, 0.1) is 6.92 Å². The molecule has 0 nitrogen and oxygen atoms in total. The lowest BCUT2D eigenvalue weighted by Crippen LogP contribution is -1.93. The van der Waals surface area contributed by atoms with Crippen molar-refractivity contribution in [1.82, 2.24) is 0 Å². The lowest BCUT2D eigenvalue weighted by Gasteiger charge is -2.09. The molecule has 1 aliphatic rings. The molecule has 0 saturated carbocycles. The molecule has 0 amide bonds. The second kappa shape index (κ2) is 11.4. The summed E-state index contributed by atoms with van der Waals surface area (Å²) in [5.74, 6) is 0. The van der Waals surface area contributed by atoms with Crippen LogP contribution >= 0.6 is 0 Å². The first-order valence-electron chi connectivity index (χ1n) is 5.29. The molecule has 0 fully saturated rings. The Morgan fingerprint density at radius 3 is 2.32 bits per heavy atom. The molecule has 0 aromatic heterocycles. The summed E-state index contributed by atoms with van der Waals surface area (Å²) in [6, 6.07) is 6.69. The number of hydrogen-bond acceptors (Lipinski definition) is 2. The maximum absolute atomic E-state index is 4.60. The normalized spacial score (nSPS) is 11.2. The standard InChI is InChI=1S/C11H12.S8/c1-9-6-7-10-4-2-3-5-11(10)8-9;1-3-5-7-8-6-4-2/h3,5-8H,2,4H2,1H3;. The maximum Gasteiger partial charge on any atom is 0 e. The number of hydrogen-bond donors (Lipinski definition) is 0. The Hall–Kier alpha value is 0.720. The van der Waals surface area contributed by atoms with Gasteiger partial charge in [-0.15, -0.1) is 0 Å². The fraction of sp³-hybridized carbons (Fsp3) is 0.273. The van der Waals surface area contributed by atoms with Crippen LogP contribution < -0.4 is 0 Å². The molecule has 1 aromatic carbocycles. The molecule has 8 heteroatoms. The van der Waals surface area contributed by atoms with Gasteiger partial charge in [0.05, 0.1) is 0 Å². The summed E-state index contributed by atoms with van der Waals surface area (Å²) in [6.45, 7) is 2.14. The molecule has 1 aromatic rings. The highest BCUT2D eigenvalue weighted by molar-refractivity contribution is 8.70. The number of allylic oxidation sites excluding steroid dienone is 1. The van der Waals surface area contributed by atoms with Gasteiger partial charge in [-0.1, -0.05) is 35.9 Å². The van der Waals surface area contributed by atoms with Crippen molar-refractivity contribution in [2.24, 2.45) is 0 Å². The van der Waals surface area contributed by atoms with E-state index in [2.05, 4.69) is 59.7 Å². The van der Waals surface area contributed by atoms with E-state index >= 15 is 0 Å². The van der Waals surface area contributed by atoms with Crippen molar-refractivity contribution < 1.29 is 0 Å². The Morgan fingerprint density at radius 1 is 1.00 bits per heavy atom. The lowest BCUT2D eigenvalue weighted by molar-refractivity contribution is 0.984. The lowest BCUT2D eigenvalue weighted by atomic mass is 9.96. The molecule has 2 rings (SSSR count). The molecule has 104 valence electrons. The van der Waals surface area contributed by atoms with Crippen LogP contribution in [0.25, 0.3) is 6.08 Å². The topological polar surface area (TPSA) is 0 Å². The van der Waals surface area contributed by atoms with Gasteiger partial charge in [0.1, 0.15) is 0 Å². The zero-order chi connectivity index (χ0) is 13.9. The van der Waals surface area contributed by atoms with Crippen molar-refractivity contribution >= 4 is 81.7 Å². The first kappa shape index (κ1) is 17.8. The molecule has 0 bridgehead atoms. The predicted octanol–water partition coefficient (Wildman–Crippen LogP) is 2.94. The van der Waals surface area contributed by atoms with E-state index in [9.17, 15) is 0 Å². The summed E-state index contributed by atoms with van der Waals surface area (Å²) in [7, 11) is 9.12. The summed E-state index contributed by atoms with van der Waals surface area (Å²) in [4.78, 5) is 0. The minimum atomic E-state index is 1.20. The van der Waals surface area contributed by atoms with E-state index in [4.69, 9.17) is 0 Å². The Balaban J connectivity index is 0.000000203. The van der Waals surface area contributed by atoms with E-state index in [0.717, 1.165) is 0 Å². The van der Waals surface area contributed by atoms with Crippen molar-refractivity contribution in [3.05, 3.63) is 41.0 Å². The summed E-state index contributed by atoms with van der Waals surface area (Å²) in [5.41, 5.74) is 4.27. The van der Waals surface area contributed by atoms with Crippen LogP contribution in [0.4, 0.5) is 0 Å². The minimum Gasteiger partial charge on any atom is -0.0836 e. The van der Waals surface area contributed by atoms with Gasteiger partial charge < -0.3 is 0 Å². The van der Waals surface area contributed by atoms with Gasteiger partial charge in [-0.2, -0.15) is 0 Å². The zero-order valence-corrected chi connectivity index (χ0v) is 16.6. The first-order valence-corrected chi connectivity index (χ1v) is 14.6. The van der Waals surface area contributed by atoms with Crippen molar-refractivity contribution in [2.45, 2.75) is 19.8 Å². The van der Waals surface area contributed by atoms with Gasteiger partial charge in [0, 0.05) is 75.7 Å². The second-order valence-electron chi connectivity index (χ2n) is 3.55. The van der Waals surface area contributed by atoms with Gasteiger partial charge in [-0.3, -0.25) is 0 Å². The number of rotatable bonds is 0. The second-order valence-corrected chi connectivity index (χ2v) is 14.2. The van der Waals surface area contributed by atoms with Gasteiger partial charge >= 0.3 is 0 Å². The van der Waals surface area contributed by atoms with Gasteiger partial charge in [0.2, 0.25) is 0 Å².